The maximum absolute atomic E-state index is 13.5. The summed E-state index contributed by atoms with van der Waals surface area (Å²) in [4.78, 5) is 21.6. The fourth-order valence-electron chi connectivity index (χ4n) is 7.33. The molecule has 5 atom stereocenters. The summed E-state index contributed by atoms with van der Waals surface area (Å²) in [5, 5.41) is 13.4. The van der Waals surface area contributed by atoms with E-state index in [-0.39, 0.29) is 24.0 Å². The molecule has 1 amide bonds. The lowest BCUT2D eigenvalue weighted by atomic mass is 9.48. The van der Waals surface area contributed by atoms with Crippen LogP contribution in [0, 0.1) is 23.2 Å². The molecule has 2 heterocycles. The topological polar surface area (TPSA) is 68.7 Å². The van der Waals surface area contributed by atoms with Crippen LogP contribution in [0.25, 0.3) is 0 Å². The summed E-state index contributed by atoms with van der Waals surface area (Å²) in [6, 6.07) is 2.68. The maximum Gasteiger partial charge on any atom is 0.417 e. The summed E-state index contributed by atoms with van der Waals surface area (Å²) < 4.78 is 38.4. The van der Waals surface area contributed by atoms with Crippen molar-refractivity contribution in [2.45, 2.75) is 63.7 Å². The lowest BCUT2D eigenvalue weighted by Crippen LogP contribution is -2.65. The van der Waals surface area contributed by atoms with Crippen molar-refractivity contribution in [1.82, 2.24) is 15.2 Å². The Morgan fingerprint density at radius 3 is 2.29 bits per heavy atom. The molecule has 5 aliphatic rings. The second kappa shape index (κ2) is 8.36. The standard InChI is InChI=1S/C25H35F3N4O2/c1-23(2,22(34)30-21-17-9-16-10-18(21)13-24(11-16,12-17)15-33)32-7-5-31(6-8-32)20-4-3-19(14-29-20)25(26,27)28/h3-4,14,16-18,21,33H,5-13,15H2,1-2H3,(H,30,34)/t16?,17-,18+,21?,24?. The minimum atomic E-state index is -4.39. The molecule has 4 aliphatic carbocycles. The zero-order valence-electron chi connectivity index (χ0n) is 19.9. The number of halogens is 3. The van der Waals surface area contributed by atoms with Gasteiger partial charge in [-0.1, -0.05) is 0 Å². The van der Waals surface area contributed by atoms with Crippen LogP contribution in [-0.4, -0.2) is 65.3 Å². The number of piperazine rings is 1. The van der Waals surface area contributed by atoms with E-state index in [0.717, 1.165) is 44.4 Å². The average molecular weight is 481 g/mol. The molecule has 0 radical (unpaired) electrons. The van der Waals surface area contributed by atoms with E-state index in [0.29, 0.717) is 49.8 Å². The van der Waals surface area contributed by atoms with Gasteiger partial charge in [0.1, 0.15) is 5.82 Å². The number of aromatic nitrogens is 1. The Labute approximate surface area is 198 Å². The number of anilines is 1. The summed E-state index contributed by atoms with van der Waals surface area (Å²) >= 11 is 0. The van der Waals surface area contributed by atoms with Crippen LogP contribution >= 0.6 is 0 Å². The van der Waals surface area contributed by atoms with Gasteiger partial charge in [0.15, 0.2) is 0 Å². The Morgan fingerprint density at radius 2 is 1.76 bits per heavy atom. The molecule has 4 saturated carbocycles. The van der Waals surface area contributed by atoms with Gasteiger partial charge < -0.3 is 15.3 Å². The number of amides is 1. The second-order valence-electron chi connectivity index (χ2n) is 11.6. The number of aliphatic hydroxyl groups is 1. The predicted octanol–water partition coefficient (Wildman–Crippen LogP) is 3.30. The predicted molar refractivity (Wildman–Crippen MR) is 122 cm³/mol. The number of aliphatic hydroxyl groups excluding tert-OH is 1. The van der Waals surface area contributed by atoms with Gasteiger partial charge >= 0.3 is 6.18 Å². The highest BCUT2D eigenvalue weighted by Gasteiger charge is 2.56. The molecule has 1 saturated heterocycles. The number of carbonyl (C=O) groups is 1. The van der Waals surface area contributed by atoms with Gasteiger partial charge in [-0.2, -0.15) is 13.2 Å². The van der Waals surface area contributed by atoms with Crippen molar-refractivity contribution in [3.05, 3.63) is 23.9 Å². The SMILES string of the molecule is CC(C)(C(=O)NC1[C@@H]2CC3C[C@H]1CC(CO)(C3)C2)N1CCN(c2ccc(C(F)(F)F)cn2)CC1. The van der Waals surface area contributed by atoms with Crippen molar-refractivity contribution in [2.75, 3.05) is 37.7 Å². The Kier molecular flexibility index (Phi) is 5.87. The lowest BCUT2D eigenvalue weighted by Gasteiger charge is -2.60. The summed E-state index contributed by atoms with van der Waals surface area (Å²) in [7, 11) is 0. The smallest absolute Gasteiger partial charge is 0.396 e. The fourth-order valence-corrected chi connectivity index (χ4v) is 7.33. The average Bonchev–Trinajstić information content (AvgIpc) is 2.80. The Balaban J connectivity index is 1.19. The number of carbonyl (C=O) groups excluding carboxylic acids is 1. The minimum Gasteiger partial charge on any atom is -0.396 e. The number of hydrogen-bond donors (Lipinski definition) is 2. The molecule has 3 unspecified atom stereocenters. The third-order valence-corrected chi connectivity index (χ3v) is 9.06. The number of pyridine rings is 1. The van der Waals surface area contributed by atoms with Crippen LogP contribution in [0.2, 0.25) is 0 Å². The molecule has 0 aromatic carbocycles. The molecule has 4 bridgehead atoms. The maximum atomic E-state index is 13.5. The summed E-state index contributed by atoms with van der Waals surface area (Å²) in [5.41, 5.74) is -1.35. The number of rotatable bonds is 5. The van der Waals surface area contributed by atoms with Crippen LogP contribution in [0.15, 0.2) is 18.3 Å². The van der Waals surface area contributed by atoms with Crippen LogP contribution in [0.4, 0.5) is 19.0 Å². The first kappa shape index (κ1) is 23.9. The normalized spacial score (nSPS) is 33.9. The van der Waals surface area contributed by atoms with Gasteiger partial charge in [0.25, 0.3) is 0 Å². The first-order chi connectivity index (χ1) is 16.0. The molecule has 2 N–H and O–H groups in total. The van der Waals surface area contributed by atoms with Crippen molar-refractivity contribution in [3.63, 3.8) is 0 Å². The largest absolute Gasteiger partial charge is 0.417 e. The Morgan fingerprint density at radius 1 is 1.12 bits per heavy atom. The lowest BCUT2D eigenvalue weighted by molar-refractivity contribution is -0.140. The van der Waals surface area contributed by atoms with Crippen LogP contribution in [0.5, 0.6) is 0 Å². The zero-order valence-corrected chi connectivity index (χ0v) is 19.9. The van der Waals surface area contributed by atoms with E-state index in [1.807, 2.05) is 18.7 Å². The van der Waals surface area contributed by atoms with Gasteiger partial charge in [-0.3, -0.25) is 9.69 Å². The van der Waals surface area contributed by atoms with Gasteiger partial charge in [0.2, 0.25) is 5.91 Å². The number of nitrogens with one attached hydrogen (secondary N) is 1. The van der Waals surface area contributed by atoms with E-state index < -0.39 is 17.3 Å². The van der Waals surface area contributed by atoms with Gasteiger partial charge in [-0.25, -0.2) is 4.98 Å². The molecular formula is C25H35F3N4O2. The summed E-state index contributed by atoms with van der Waals surface area (Å²) in [5.74, 6) is 2.18. The van der Waals surface area contributed by atoms with Crippen LogP contribution in [0.1, 0.15) is 51.5 Å². The number of alkyl halides is 3. The molecule has 6 rings (SSSR count). The van der Waals surface area contributed by atoms with Crippen molar-refractivity contribution in [3.8, 4) is 0 Å². The monoisotopic (exact) mass is 480 g/mol. The quantitative estimate of drug-likeness (QED) is 0.677. The molecule has 1 aromatic rings. The molecule has 188 valence electrons. The van der Waals surface area contributed by atoms with Gasteiger partial charge in [-0.05, 0) is 81.3 Å². The molecule has 6 nitrogen and oxygen atoms in total. The van der Waals surface area contributed by atoms with Crippen molar-refractivity contribution >= 4 is 11.7 Å². The summed E-state index contributed by atoms with van der Waals surface area (Å²) in [6.07, 6.45) is 1.97. The van der Waals surface area contributed by atoms with Crippen LogP contribution < -0.4 is 10.2 Å². The van der Waals surface area contributed by atoms with Crippen molar-refractivity contribution < 1.29 is 23.1 Å². The Bertz CT molecular complexity index is 896. The highest BCUT2D eigenvalue weighted by atomic mass is 19.4. The Hall–Kier alpha value is -1.87. The van der Waals surface area contributed by atoms with Gasteiger partial charge in [-0.15, -0.1) is 0 Å². The zero-order chi connectivity index (χ0) is 24.3. The molecule has 1 aromatic heterocycles. The minimum absolute atomic E-state index is 0.0455. The molecule has 0 spiro atoms. The van der Waals surface area contributed by atoms with Crippen LogP contribution in [-0.2, 0) is 11.0 Å². The molecule has 9 heteroatoms. The van der Waals surface area contributed by atoms with E-state index in [9.17, 15) is 23.1 Å². The highest BCUT2D eigenvalue weighted by molar-refractivity contribution is 5.85. The molecule has 5 fully saturated rings. The van der Waals surface area contributed by atoms with E-state index >= 15 is 0 Å². The molecule has 34 heavy (non-hydrogen) atoms. The van der Waals surface area contributed by atoms with Crippen LogP contribution in [0.3, 0.4) is 0 Å². The summed E-state index contributed by atoms with van der Waals surface area (Å²) in [6.45, 7) is 6.65. The van der Waals surface area contributed by atoms with E-state index in [1.54, 1.807) is 0 Å². The highest BCUT2D eigenvalue weighted by Crippen LogP contribution is 2.59. The van der Waals surface area contributed by atoms with Gasteiger partial charge in [0.05, 0.1) is 11.1 Å². The van der Waals surface area contributed by atoms with E-state index in [4.69, 9.17) is 0 Å². The first-order valence-electron chi connectivity index (χ1n) is 12.5. The first-order valence-corrected chi connectivity index (χ1v) is 12.5. The number of nitrogens with zero attached hydrogens (tertiary/aromatic N) is 3. The van der Waals surface area contributed by atoms with Gasteiger partial charge in [0, 0.05) is 45.0 Å². The third kappa shape index (κ3) is 4.19. The van der Waals surface area contributed by atoms with Crippen molar-refractivity contribution in [2.24, 2.45) is 23.2 Å². The van der Waals surface area contributed by atoms with E-state index in [2.05, 4.69) is 15.2 Å². The number of hydrogen-bond acceptors (Lipinski definition) is 5. The van der Waals surface area contributed by atoms with E-state index in [1.165, 1.54) is 6.07 Å². The van der Waals surface area contributed by atoms with Crippen molar-refractivity contribution in [1.29, 1.82) is 0 Å². The molecular weight excluding hydrogens is 445 g/mol. The second-order valence-corrected chi connectivity index (χ2v) is 11.6. The third-order valence-electron chi connectivity index (χ3n) is 9.06. The molecule has 1 aliphatic heterocycles. The fraction of sp³-hybridized carbons (Fsp3) is 0.760.